The third-order valence-corrected chi connectivity index (χ3v) is 2.35. The fraction of sp³-hybridized carbons (Fsp3) is 0.583. The lowest BCUT2D eigenvalue weighted by Crippen LogP contribution is -2.17. The number of carbonyl (C=O) groups excluding carboxylic acids is 1. The molecule has 0 saturated carbocycles. The molecule has 0 spiro atoms. The minimum Gasteiger partial charge on any atom is -0.352 e. The molecule has 0 aromatic carbocycles. The normalized spacial score (nSPS) is 10.9. The molecule has 0 bridgehead atoms. The van der Waals surface area contributed by atoms with E-state index in [-0.39, 0.29) is 5.78 Å². The molecule has 3 nitrogen and oxygen atoms in total. The second kappa shape index (κ2) is 5.71. The van der Waals surface area contributed by atoms with Crippen molar-refractivity contribution in [1.82, 2.24) is 9.47 Å². The SMILES string of the molecule is CCCC(=O)c1ccn(CCN(C)C)c1. The highest BCUT2D eigenvalue weighted by atomic mass is 16.1. The number of ketones is 1. The monoisotopic (exact) mass is 208 g/mol. The van der Waals surface area contributed by atoms with Crippen molar-refractivity contribution < 1.29 is 4.79 Å². The molecule has 0 aliphatic rings. The standard InChI is InChI=1S/C12H20N2O/c1-4-5-12(15)11-6-7-14(10-11)9-8-13(2)3/h6-7,10H,4-5,8-9H2,1-3H3. The summed E-state index contributed by atoms with van der Waals surface area (Å²) in [5.74, 6) is 0.251. The number of hydrogen-bond donors (Lipinski definition) is 0. The van der Waals surface area contributed by atoms with Gasteiger partial charge in [0.05, 0.1) is 0 Å². The summed E-state index contributed by atoms with van der Waals surface area (Å²) in [4.78, 5) is 13.7. The first-order chi connectivity index (χ1) is 7.13. The van der Waals surface area contributed by atoms with Gasteiger partial charge in [0.2, 0.25) is 0 Å². The van der Waals surface area contributed by atoms with Crippen molar-refractivity contribution in [1.29, 1.82) is 0 Å². The Morgan fingerprint density at radius 2 is 2.20 bits per heavy atom. The lowest BCUT2D eigenvalue weighted by atomic mass is 10.1. The number of nitrogens with zero attached hydrogens (tertiary/aromatic N) is 2. The zero-order valence-corrected chi connectivity index (χ0v) is 9.86. The lowest BCUT2D eigenvalue weighted by Gasteiger charge is -2.09. The Kier molecular flexibility index (Phi) is 4.56. The van der Waals surface area contributed by atoms with Gasteiger partial charge in [0.1, 0.15) is 0 Å². The van der Waals surface area contributed by atoms with Crippen LogP contribution in [0.3, 0.4) is 0 Å². The average Bonchev–Trinajstić information content (AvgIpc) is 2.63. The minimum absolute atomic E-state index is 0.251. The minimum atomic E-state index is 0.251. The molecule has 0 unspecified atom stereocenters. The predicted octanol–water partition coefficient (Wildman–Crippen LogP) is 2.03. The van der Waals surface area contributed by atoms with Gasteiger partial charge < -0.3 is 9.47 Å². The van der Waals surface area contributed by atoms with E-state index < -0.39 is 0 Å². The fourth-order valence-corrected chi connectivity index (χ4v) is 1.43. The van der Waals surface area contributed by atoms with Gasteiger partial charge in [-0.1, -0.05) is 6.92 Å². The predicted molar refractivity (Wildman–Crippen MR) is 62.2 cm³/mol. The largest absolute Gasteiger partial charge is 0.352 e. The van der Waals surface area contributed by atoms with E-state index >= 15 is 0 Å². The molecule has 84 valence electrons. The van der Waals surface area contributed by atoms with Gasteiger partial charge in [-0.25, -0.2) is 0 Å². The maximum atomic E-state index is 11.6. The molecule has 15 heavy (non-hydrogen) atoms. The summed E-state index contributed by atoms with van der Waals surface area (Å²) in [5.41, 5.74) is 0.843. The van der Waals surface area contributed by atoms with Gasteiger partial charge in [0.25, 0.3) is 0 Å². The summed E-state index contributed by atoms with van der Waals surface area (Å²) in [6.07, 6.45) is 5.49. The van der Waals surface area contributed by atoms with Gasteiger partial charge in [-0.05, 0) is 26.6 Å². The molecule has 0 radical (unpaired) electrons. The molecule has 0 fully saturated rings. The summed E-state index contributed by atoms with van der Waals surface area (Å²) in [6, 6.07) is 1.91. The van der Waals surface area contributed by atoms with Gasteiger partial charge >= 0.3 is 0 Å². The third kappa shape index (κ3) is 3.88. The van der Waals surface area contributed by atoms with Gasteiger partial charge in [0, 0.05) is 37.5 Å². The summed E-state index contributed by atoms with van der Waals surface area (Å²) in [7, 11) is 4.10. The van der Waals surface area contributed by atoms with Crippen LogP contribution in [-0.4, -0.2) is 35.9 Å². The van der Waals surface area contributed by atoms with Crippen molar-refractivity contribution in [3.63, 3.8) is 0 Å². The Balaban J connectivity index is 2.52. The Labute approximate surface area is 91.7 Å². The highest BCUT2D eigenvalue weighted by Gasteiger charge is 2.05. The van der Waals surface area contributed by atoms with Crippen LogP contribution in [0.5, 0.6) is 0 Å². The molecule has 0 aliphatic carbocycles. The maximum Gasteiger partial charge on any atom is 0.164 e. The number of aromatic nitrogens is 1. The van der Waals surface area contributed by atoms with Crippen molar-refractivity contribution in [2.75, 3.05) is 20.6 Å². The second-order valence-electron chi connectivity index (χ2n) is 4.11. The molecule has 1 heterocycles. The molecule has 1 rings (SSSR count). The summed E-state index contributed by atoms with van der Waals surface area (Å²) in [6.45, 7) is 3.96. The number of rotatable bonds is 6. The first-order valence-electron chi connectivity index (χ1n) is 5.47. The van der Waals surface area contributed by atoms with Crippen LogP contribution in [0, 0.1) is 0 Å². The zero-order chi connectivity index (χ0) is 11.3. The Morgan fingerprint density at radius 1 is 1.47 bits per heavy atom. The Morgan fingerprint density at radius 3 is 2.80 bits per heavy atom. The molecule has 0 atom stereocenters. The van der Waals surface area contributed by atoms with Gasteiger partial charge in [0.15, 0.2) is 5.78 Å². The van der Waals surface area contributed by atoms with E-state index in [9.17, 15) is 4.79 Å². The second-order valence-corrected chi connectivity index (χ2v) is 4.11. The number of carbonyl (C=O) groups is 1. The number of hydrogen-bond acceptors (Lipinski definition) is 2. The highest BCUT2D eigenvalue weighted by Crippen LogP contribution is 2.06. The first-order valence-corrected chi connectivity index (χ1v) is 5.47. The van der Waals surface area contributed by atoms with Crippen LogP contribution < -0.4 is 0 Å². The topological polar surface area (TPSA) is 25.2 Å². The molecule has 1 aromatic heterocycles. The molecule has 0 saturated heterocycles. The van der Waals surface area contributed by atoms with Crippen LogP contribution in [0.1, 0.15) is 30.1 Å². The van der Waals surface area contributed by atoms with Crippen LogP contribution in [0.4, 0.5) is 0 Å². The molecule has 3 heteroatoms. The smallest absolute Gasteiger partial charge is 0.164 e. The molecular weight excluding hydrogens is 188 g/mol. The van der Waals surface area contributed by atoms with E-state index in [1.165, 1.54) is 0 Å². The fourth-order valence-electron chi connectivity index (χ4n) is 1.43. The van der Waals surface area contributed by atoms with Crippen LogP contribution in [-0.2, 0) is 6.54 Å². The number of likely N-dealkylation sites (N-methyl/N-ethyl adjacent to an activating group) is 1. The summed E-state index contributed by atoms with van der Waals surface area (Å²) in [5, 5.41) is 0. The van der Waals surface area contributed by atoms with Gasteiger partial charge in [-0.3, -0.25) is 4.79 Å². The summed E-state index contributed by atoms with van der Waals surface area (Å²) >= 11 is 0. The van der Waals surface area contributed by atoms with Crippen LogP contribution in [0.2, 0.25) is 0 Å². The van der Waals surface area contributed by atoms with Crippen LogP contribution >= 0.6 is 0 Å². The van der Waals surface area contributed by atoms with Crippen molar-refractivity contribution in [2.24, 2.45) is 0 Å². The quantitative estimate of drug-likeness (QED) is 0.668. The molecule has 0 aliphatic heterocycles. The van der Waals surface area contributed by atoms with Gasteiger partial charge in [-0.15, -0.1) is 0 Å². The van der Waals surface area contributed by atoms with Crippen molar-refractivity contribution in [3.05, 3.63) is 24.0 Å². The zero-order valence-electron chi connectivity index (χ0n) is 9.86. The molecule has 1 aromatic rings. The Bertz CT molecular complexity index is 315. The lowest BCUT2D eigenvalue weighted by molar-refractivity contribution is 0.0981. The van der Waals surface area contributed by atoms with E-state index in [0.717, 1.165) is 25.1 Å². The van der Waals surface area contributed by atoms with Crippen LogP contribution in [0.25, 0.3) is 0 Å². The summed E-state index contributed by atoms with van der Waals surface area (Å²) < 4.78 is 2.07. The average molecular weight is 208 g/mol. The maximum absolute atomic E-state index is 11.6. The van der Waals surface area contributed by atoms with E-state index in [1.807, 2.05) is 39.5 Å². The van der Waals surface area contributed by atoms with Crippen LogP contribution in [0.15, 0.2) is 18.5 Å². The van der Waals surface area contributed by atoms with E-state index in [1.54, 1.807) is 0 Å². The van der Waals surface area contributed by atoms with E-state index in [4.69, 9.17) is 0 Å². The highest BCUT2D eigenvalue weighted by molar-refractivity contribution is 5.95. The molecule has 0 amide bonds. The first kappa shape index (κ1) is 12.0. The van der Waals surface area contributed by atoms with Crippen molar-refractivity contribution in [2.45, 2.75) is 26.3 Å². The molecular formula is C12H20N2O. The van der Waals surface area contributed by atoms with E-state index in [0.29, 0.717) is 6.42 Å². The van der Waals surface area contributed by atoms with Gasteiger partial charge in [-0.2, -0.15) is 0 Å². The molecule has 0 N–H and O–H groups in total. The van der Waals surface area contributed by atoms with Crippen molar-refractivity contribution >= 4 is 5.78 Å². The van der Waals surface area contributed by atoms with Crippen molar-refractivity contribution in [3.8, 4) is 0 Å². The third-order valence-electron chi connectivity index (χ3n) is 2.35. The Hall–Kier alpha value is -1.09. The van der Waals surface area contributed by atoms with E-state index in [2.05, 4.69) is 9.47 Å². The number of Topliss-reactive ketones (excluding diaryl/α,β-unsaturated/α-hetero) is 1.